The minimum Gasteiger partial charge on any atom is -0.369 e. The Morgan fingerprint density at radius 1 is 0.935 bits per heavy atom. The first-order chi connectivity index (χ1) is 14.8. The fraction of sp³-hybridized carbons (Fsp3) is 0.280. The molecule has 0 aliphatic carbocycles. The maximum atomic E-state index is 6.20. The molecular formula is C25H28ClN5. The summed E-state index contributed by atoms with van der Waals surface area (Å²) in [4.78, 5) is 7.10. The summed E-state index contributed by atoms with van der Waals surface area (Å²) < 4.78 is 1.88. The molecule has 0 aliphatic rings. The Bertz CT molecular complexity index is 1180. The summed E-state index contributed by atoms with van der Waals surface area (Å²) in [6.45, 7) is 6.31. The third kappa shape index (κ3) is 5.06. The highest BCUT2D eigenvalue weighted by Crippen LogP contribution is 2.28. The molecule has 0 saturated carbocycles. The first kappa shape index (κ1) is 21.3. The van der Waals surface area contributed by atoms with E-state index in [0.29, 0.717) is 5.02 Å². The number of hydrogen-bond acceptors (Lipinski definition) is 4. The first-order valence-corrected chi connectivity index (χ1v) is 10.8. The SMILES string of the molecule is CN(C)CC(C)(C)CNc1cc(-c2ccccc2)nc2cc(-c3cccc(Cl)c3)nn12. The zero-order valence-corrected chi connectivity index (χ0v) is 19.2. The molecule has 0 amide bonds. The van der Waals surface area contributed by atoms with E-state index in [1.54, 1.807) is 0 Å². The minimum absolute atomic E-state index is 0.0922. The number of halogens is 1. The molecule has 0 fully saturated rings. The summed E-state index contributed by atoms with van der Waals surface area (Å²) in [6.07, 6.45) is 0. The maximum absolute atomic E-state index is 6.20. The van der Waals surface area contributed by atoms with E-state index in [9.17, 15) is 0 Å². The van der Waals surface area contributed by atoms with Gasteiger partial charge < -0.3 is 10.2 Å². The van der Waals surface area contributed by atoms with Crippen molar-refractivity contribution in [3.63, 3.8) is 0 Å². The molecule has 0 saturated heterocycles. The van der Waals surface area contributed by atoms with Crippen molar-refractivity contribution in [1.29, 1.82) is 0 Å². The van der Waals surface area contributed by atoms with Gasteiger partial charge in [0.1, 0.15) is 5.82 Å². The number of hydrogen-bond donors (Lipinski definition) is 1. The van der Waals surface area contributed by atoms with Gasteiger partial charge in [0.2, 0.25) is 0 Å². The van der Waals surface area contributed by atoms with Crippen LogP contribution >= 0.6 is 11.6 Å². The minimum atomic E-state index is 0.0922. The van der Waals surface area contributed by atoms with Crippen LogP contribution in [-0.4, -0.2) is 46.7 Å². The fourth-order valence-corrected chi connectivity index (χ4v) is 4.08. The average molecular weight is 434 g/mol. The lowest BCUT2D eigenvalue weighted by Crippen LogP contribution is -2.34. The number of fused-ring (bicyclic) bond motifs is 1. The lowest BCUT2D eigenvalue weighted by atomic mass is 9.93. The van der Waals surface area contributed by atoms with Crippen molar-refractivity contribution in [3.8, 4) is 22.5 Å². The van der Waals surface area contributed by atoms with E-state index < -0.39 is 0 Å². The molecule has 4 rings (SSSR count). The predicted octanol–water partition coefficient (Wildman–Crippen LogP) is 5.72. The van der Waals surface area contributed by atoms with Gasteiger partial charge in [-0.1, -0.05) is 67.9 Å². The van der Waals surface area contributed by atoms with Crippen LogP contribution in [0.15, 0.2) is 66.7 Å². The Hall–Kier alpha value is -2.89. The second-order valence-electron chi connectivity index (χ2n) is 8.96. The second-order valence-corrected chi connectivity index (χ2v) is 9.39. The topological polar surface area (TPSA) is 45.5 Å². The van der Waals surface area contributed by atoms with Crippen LogP contribution in [0.5, 0.6) is 0 Å². The Kier molecular flexibility index (Phi) is 5.99. The highest BCUT2D eigenvalue weighted by molar-refractivity contribution is 6.30. The molecule has 0 spiro atoms. The van der Waals surface area contributed by atoms with Crippen molar-refractivity contribution in [2.24, 2.45) is 5.41 Å². The number of nitrogens with zero attached hydrogens (tertiary/aromatic N) is 4. The third-order valence-electron chi connectivity index (χ3n) is 5.11. The smallest absolute Gasteiger partial charge is 0.158 e. The molecule has 160 valence electrons. The van der Waals surface area contributed by atoms with Crippen molar-refractivity contribution >= 4 is 23.1 Å². The third-order valence-corrected chi connectivity index (χ3v) is 5.34. The molecule has 31 heavy (non-hydrogen) atoms. The molecule has 0 unspecified atom stereocenters. The van der Waals surface area contributed by atoms with Gasteiger partial charge in [0.25, 0.3) is 0 Å². The molecule has 6 heteroatoms. The summed E-state index contributed by atoms with van der Waals surface area (Å²) >= 11 is 6.20. The largest absolute Gasteiger partial charge is 0.369 e. The molecule has 4 aromatic rings. The van der Waals surface area contributed by atoms with Crippen LogP contribution in [0.3, 0.4) is 0 Å². The molecule has 0 bridgehead atoms. The molecule has 5 nitrogen and oxygen atoms in total. The van der Waals surface area contributed by atoms with Crippen molar-refractivity contribution in [3.05, 3.63) is 71.8 Å². The normalized spacial score (nSPS) is 11.9. The van der Waals surface area contributed by atoms with E-state index in [0.717, 1.165) is 47.1 Å². The van der Waals surface area contributed by atoms with E-state index in [1.807, 2.05) is 53.0 Å². The van der Waals surface area contributed by atoms with Crippen molar-refractivity contribution in [1.82, 2.24) is 19.5 Å². The fourth-order valence-electron chi connectivity index (χ4n) is 3.89. The Morgan fingerprint density at radius 3 is 2.39 bits per heavy atom. The van der Waals surface area contributed by atoms with Gasteiger partial charge >= 0.3 is 0 Å². The van der Waals surface area contributed by atoms with Gasteiger partial charge in [0.15, 0.2) is 5.65 Å². The average Bonchev–Trinajstić information content (AvgIpc) is 3.16. The molecule has 2 heterocycles. The zero-order chi connectivity index (χ0) is 22.0. The maximum Gasteiger partial charge on any atom is 0.158 e. The highest BCUT2D eigenvalue weighted by atomic mass is 35.5. The number of anilines is 1. The molecule has 2 aromatic carbocycles. The quantitative estimate of drug-likeness (QED) is 0.405. The monoisotopic (exact) mass is 433 g/mol. The van der Waals surface area contributed by atoms with Gasteiger partial charge in [-0.15, -0.1) is 0 Å². The van der Waals surface area contributed by atoms with Crippen molar-refractivity contribution in [2.75, 3.05) is 32.5 Å². The molecule has 2 aromatic heterocycles. The summed E-state index contributed by atoms with van der Waals surface area (Å²) in [5, 5.41) is 9.16. The Morgan fingerprint density at radius 2 is 1.68 bits per heavy atom. The van der Waals surface area contributed by atoms with E-state index in [-0.39, 0.29) is 5.41 Å². The number of rotatable bonds is 7. The van der Waals surface area contributed by atoms with E-state index in [4.69, 9.17) is 21.7 Å². The van der Waals surface area contributed by atoms with Crippen LogP contribution in [-0.2, 0) is 0 Å². The predicted molar refractivity (Wildman–Crippen MR) is 130 cm³/mol. The standard InChI is InChI=1S/C25H28ClN5/c1-25(2,17-30(3)4)16-27-23-14-21(18-9-6-5-7-10-18)28-24-15-22(29-31(23)24)19-11-8-12-20(26)13-19/h5-15,27H,16-17H2,1-4H3. The van der Waals surface area contributed by atoms with Crippen molar-refractivity contribution in [2.45, 2.75) is 13.8 Å². The summed E-state index contributed by atoms with van der Waals surface area (Å²) in [7, 11) is 4.20. The number of aromatic nitrogens is 3. The molecular weight excluding hydrogens is 406 g/mol. The van der Waals surface area contributed by atoms with Crippen LogP contribution in [0.4, 0.5) is 5.82 Å². The van der Waals surface area contributed by atoms with E-state index >= 15 is 0 Å². The van der Waals surface area contributed by atoms with Gasteiger partial charge in [-0.3, -0.25) is 0 Å². The Balaban J connectivity index is 1.77. The molecule has 0 radical (unpaired) electrons. The van der Waals surface area contributed by atoms with E-state index in [2.05, 4.69) is 56.4 Å². The number of nitrogens with one attached hydrogen (secondary N) is 1. The first-order valence-electron chi connectivity index (χ1n) is 10.4. The van der Waals surface area contributed by atoms with Crippen LogP contribution in [0.25, 0.3) is 28.2 Å². The Labute approximate surface area is 188 Å². The van der Waals surface area contributed by atoms with Gasteiger partial charge in [-0.25, -0.2) is 4.98 Å². The summed E-state index contributed by atoms with van der Waals surface area (Å²) in [6, 6.07) is 22.1. The van der Waals surface area contributed by atoms with Crippen LogP contribution < -0.4 is 5.32 Å². The van der Waals surface area contributed by atoms with Crippen LogP contribution in [0.2, 0.25) is 5.02 Å². The summed E-state index contributed by atoms with van der Waals surface area (Å²) in [5.41, 5.74) is 4.69. The molecule has 1 N–H and O–H groups in total. The van der Waals surface area contributed by atoms with Crippen molar-refractivity contribution < 1.29 is 0 Å². The molecule has 0 aliphatic heterocycles. The number of benzene rings is 2. The van der Waals surface area contributed by atoms with Gasteiger partial charge in [0, 0.05) is 41.4 Å². The summed E-state index contributed by atoms with van der Waals surface area (Å²) in [5.74, 6) is 0.920. The lowest BCUT2D eigenvalue weighted by Gasteiger charge is -2.29. The van der Waals surface area contributed by atoms with E-state index in [1.165, 1.54) is 0 Å². The second kappa shape index (κ2) is 8.69. The van der Waals surface area contributed by atoms with Crippen LogP contribution in [0, 0.1) is 5.41 Å². The van der Waals surface area contributed by atoms with Gasteiger partial charge in [-0.2, -0.15) is 9.61 Å². The zero-order valence-electron chi connectivity index (χ0n) is 18.4. The highest BCUT2D eigenvalue weighted by Gasteiger charge is 2.20. The van der Waals surface area contributed by atoms with Gasteiger partial charge in [-0.05, 0) is 31.6 Å². The lowest BCUT2D eigenvalue weighted by molar-refractivity contribution is 0.254. The van der Waals surface area contributed by atoms with Gasteiger partial charge in [0.05, 0.1) is 11.4 Å². The van der Waals surface area contributed by atoms with Crippen LogP contribution in [0.1, 0.15) is 13.8 Å². The molecule has 0 atom stereocenters.